The van der Waals surface area contributed by atoms with Gasteiger partial charge in [-0.05, 0) is 24.9 Å². The van der Waals surface area contributed by atoms with Crippen LogP contribution in [-0.2, 0) is 31.5 Å². The number of rotatable bonds is 3. The fraction of sp³-hybridized carbons (Fsp3) is 0.444. The number of thiophene rings is 1. The molecule has 2 aliphatic rings. The summed E-state index contributed by atoms with van der Waals surface area (Å²) in [6.45, 7) is 1.06. The van der Waals surface area contributed by atoms with Gasteiger partial charge in [0.15, 0.2) is 5.03 Å². The highest BCUT2D eigenvalue weighted by atomic mass is 32.2. The predicted molar refractivity (Wildman–Crippen MR) is 116 cm³/mol. The van der Waals surface area contributed by atoms with E-state index in [1.165, 1.54) is 16.8 Å². The summed E-state index contributed by atoms with van der Waals surface area (Å²) in [7, 11) is 0.0212. The minimum atomic E-state index is -3.63. The Morgan fingerprint density at radius 2 is 1.84 bits per heavy atom. The number of amides is 1. The number of carboxylic acid groups (broad SMARTS) is 2. The molecule has 0 bridgehead atoms. The first-order valence-electron chi connectivity index (χ1n) is 9.33. The molecule has 0 radical (unpaired) electrons. The summed E-state index contributed by atoms with van der Waals surface area (Å²) < 4.78 is 28.9. The molecule has 4 heterocycles. The van der Waals surface area contributed by atoms with Crippen molar-refractivity contribution >= 4 is 45.9 Å². The van der Waals surface area contributed by atoms with Crippen LogP contribution in [0.5, 0.6) is 0 Å². The minimum Gasteiger partial charge on any atom is -0.483 e. The van der Waals surface area contributed by atoms with Crippen LogP contribution in [0.15, 0.2) is 34.4 Å². The van der Waals surface area contributed by atoms with Gasteiger partial charge in [0, 0.05) is 38.3 Å². The molecule has 4 rings (SSSR count). The molecular weight excluding hydrogens is 462 g/mol. The largest absolute Gasteiger partial charge is 0.483 e. The molecule has 2 fully saturated rings. The van der Waals surface area contributed by atoms with Crippen molar-refractivity contribution in [2.45, 2.75) is 17.0 Å². The third-order valence-corrected chi connectivity index (χ3v) is 7.74. The number of carbonyl (C=O) groups is 3. The number of sulfonamides is 1. The number of nitrogens with zero attached hydrogens (tertiary/aromatic N) is 5. The quantitative estimate of drug-likeness (QED) is 0.569. The van der Waals surface area contributed by atoms with E-state index in [0.717, 1.165) is 5.69 Å². The molecule has 12 nitrogen and oxygen atoms in total. The Morgan fingerprint density at radius 1 is 1.19 bits per heavy atom. The standard InChI is InChI=1S/C16H21N5O3S2.2CH2O2/c1-18-7-14(17-12-18)26(23,24)20-5-4-16(10-20)11-21(13-3-6-25-9-13)15(22)8-19(16)2;2*2-1-3/h3,6-7,9,12H,4-5,8,10-11H2,1-2H3;2*1H,(H,2,3). The Bertz CT molecular complexity index is 1020. The predicted octanol–water partition coefficient (Wildman–Crippen LogP) is -0.00500. The van der Waals surface area contributed by atoms with Crippen molar-refractivity contribution < 1.29 is 33.0 Å². The molecule has 2 saturated heterocycles. The highest BCUT2D eigenvalue weighted by Gasteiger charge is 2.50. The molecule has 2 N–H and O–H groups in total. The van der Waals surface area contributed by atoms with Crippen LogP contribution < -0.4 is 4.90 Å². The molecule has 176 valence electrons. The first-order chi connectivity index (χ1) is 15.1. The maximum absolute atomic E-state index is 12.9. The molecule has 0 saturated carbocycles. The van der Waals surface area contributed by atoms with Crippen molar-refractivity contribution in [3.8, 4) is 0 Å². The van der Waals surface area contributed by atoms with Gasteiger partial charge in [-0.15, -0.1) is 0 Å². The maximum atomic E-state index is 12.9. The van der Waals surface area contributed by atoms with Crippen molar-refractivity contribution in [3.63, 3.8) is 0 Å². The Hall–Kier alpha value is -2.81. The second-order valence-corrected chi connectivity index (χ2v) is 9.88. The zero-order valence-electron chi connectivity index (χ0n) is 17.6. The molecule has 1 unspecified atom stereocenters. The Kier molecular flexibility index (Phi) is 8.49. The van der Waals surface area contributed by atoms with Crippen LogP contribution in [0.25, 0.3) is 0 Å². The SMILES string of the molecule is CN1CC(=O)N(c2ccsc2)CC12CCN(S(=O)(=O)c1cn(C)cn1)C2.O=CO.O=CO. The monoisotopic (exact) mass is 487 g/mol. The second-order valence-electron chi connectivity index (χ2n) is 7.22. The van der Waals surface area contributed by atoms with Gasteiger partial charge in [-0.3, -0.25) is 19.3 Å². The lowest BCUT2D eigenvalue weighted by atomic mass is 9.93. The number of aryl methyl sites for hydroxylation is 1. The summed E-state index contributed by atoms with van der Waals surface area (Å²) in [5.74, 6) is 0.0440. The lowest BCUT2D eigenvalue weighted by Gasteiger charge is -2.46. The van der Waals surface area contributed by atoms with Crippen LogP contribution in [0, 0.1) is 0 Å². The number of anilines is 1. The summed E-state index contributed by atoms with van der Waals surface area (Å²) >= 11 is 1.55. The number of carbonyl (C=O) groups excluding carboxylic acids is 1. The smallest absolute Gasteiger partial charge is 0.290 e. The van der Waals surface area contributed by atoms with E-state index in [9.17, 15) is 13.2 Å². The topological polar surface area (TPSA) is 153 Å². The van der Waals surface area contributed by atoms with Crippen LogP contribution >= 0.6 is 11.3 Å². The highest BCUT2D eigenvalue weighted by Crippen LogP contribution is 2.35. The molecule has 2 aromatic heterocycles. The summed E-state index contributed by atoms with van der Waals surface area (Å²) in [4.78, 5) is 37.0. The fourth-order valence-corrected chi connectivity index (χ4v) is 5.85. The van der Waals surface area contributed by atoms with E-state index in [-0.39, 0.29) is 36.0 Å². The molecule has 0 aliphatic carbocycles. The molecular formula is C18H25N5O7S2. The van der Waals surface area contributed by atoms with E-state index in [4.69, 9.17) is 19.8 Å². The molecule has 0 aromatic carbocycles. The third kappa shape index (κ3) is 5.32. The normalized spacial score (nSPS) is 21.4. The van der Waals surface area contributed by atoms with Gasteiger partial charge >= 0.3 is 0 Å². The van der Waals surface area contributed by atoms with Gasteiger partial charge in [-0.25, -0.2) is 13.4 Å². The molecule has 14 heteroatoms. The Labute approximate surface area is 189 Å². The van der Waals surface area contributed by atoms with Gasteiger partial charge in [-0.1, -0.05) is 0 Å². The zero-order chi connectivity index (χ0) is 23.9. The lowest BCUT2D eigenvalue weighted by molar-refractivity contribution is -0.124. The number of piperazine rings is 1. The average molecular weight is 488 g/mol. The maximum Gasteiger partial charge on any atom is 0.290 e. The van der Waals surface area contributed by atoms with E-state index in [1.54, 1.807) is 27.9 Å². The van der Waals surface area contributed by atoms with Crippen molar-refractivity contribution in [1.29, 1.82) is 0 Å². The highest BCUT2D eigenvalue weighted by molar-refractivity contribution is 7.89. The number of imidazole rings is 1. The molecule has 2 aromatic rings. The molecule has 32 heavy (non-hydrogen) atoms. The van der Waals surface area contributed by atoms with Crippen LogP contribution in [-0.4, -0.2) is 95.0 Å². The van der Waals surface area contributed by atoms with Crippen LogP contribution in [0.3, 0.4) is 0 Å². The van der Waals surface area contributed by atoms with Crippen molar-refractivity contribution in [1.82, 2.24) is 18.8 Å². The molecule has 1 amide bonds. The van der Waals surface area contributed by atoms with Gasteiger partial charge in [0.2, 0.25) is 5.91 Å². The van der Waals surface area contributed by atoms with Crippen LogP contribution in [0.1, 0.15) is 6.42 Å². The fourth-order valence-electron chi connectivity index (χ4n) is 3.72. The van der Waals surface area contributed by atoms with Gasteiger partial charge in [0.1, 0.15) is 0 Å². The van der Waals surface area contributed by atoms with E-state index in [0.29, 0.717) is 26.1 Å². The van der Waals surface area contributed by atoms with Gasteiger partial charge in [0.25, 0.3) is 23.0 Å². The van der Waals surface area contributed by atoms with Crippen molar-refractivity contribution in [3.05, 3.63) is 29.4 Å². The number of likely N-dealkylation sites (N-methyl/N-ethyl adjacent to an activating group) is 1. The second kappa shape index (κ2) is 10.7. The number of hydrogen-bond donors (Lipinski definition) is 2. The molecule has 2 aliphatic heterocycles. The van der Waals surface area contributed by atoms with Crippen LogP contribution in [0.4, 0.5) is 5.69 Å². The number of hydrogen-bond acceptors (Lipinski definition) is 8. The summed E-state index contributed by atoms with van der Waals surface area (Å²) in [5, 5.41) is 17.7. The summed E-state index contributed by atoms with van der Waals surface area (Å²) in [6, 6.07) is 1.93. The average Bonchev–Trinajstić information content (AvgIpc) is 3.48. The zero-order valence-corrected chi connectivity index (χ0v) is 19.2. The van der Waals surface area contributed by atoms with Gasteiger partial charge in [0.05, 0.1) is 24.1 Å². The first kappa shape index (κ1) is 25.5. The Morgan fingerprint density at radius 3 is 2.38 bits per heavy atom. The molecule has 1 atom stereocenters. The van der Waals surface area contributed by atoms with E-state index < -0.39 is 10.0 Å². The minimum absolute atomic E-state index is 0.0440. The van der Waals surface area contributed by atoms with Crippen molar-refractivity contribution in [2.75, 3.05) is 38.1 Å². The summed E-state index contributed by atoms with van der Waals surface area (Å²) in [6.07, 6.45) is 3.69. The number of aromatic nitrogens is 2. The first-order valence-corrected chi connectivity index (χ1v) is 11.7. The summed E-state index contributed by atoms with van der Waals surface area (Å²) in [5.41, 5.74) is 0.510. The van der Waals surface area contributed by atoms with E-state index in [2.05, 4.69) is 4.98 Å². The third-order valence-electron chi connectivity index (χ3n) is 5.34. The Balaban J connectivity index is 0.000000547. The van der Waals surface area contributed by atoms with E-state index in [1.807, 2.05) is 28.8 Å². The lowest BCUT2D eigenvalue weighted by Crippen LogP contribution is -2.64. The van der Waals surface area contributed by atoms with Crippen LogP contribution in [0.2, 0.25) is 0 Å². The van der Waals surface area contributed by atoms with Gasteiger partial charge < -0.3 is 19.7 Å². The van der Waals surface area contributed by atoms with Crippen molar-refractivity contribution in [2.24, 2.45) is 7.05 Å². The molecule has 1 spiro atoms. The van der Waals surface area contributed by atoms with E-state index >= 15 is 0 Å². The van der Waals surface area contributed by atoms with Gasteiger partial charge in [-0.2, -0.15) is 15.6 Å².